The van der Waals surface area contributed by atoms with Gasteiger partial charge in [0.2, 0.25) is 11.6 Å². The van der Waals surface area contributed by atoms with Gasteiger partial charge in [-0.15, -0.1) is 0 Å². The number of carbonyl (C=O) groups is 2. The smallest absolute Gasteiger partial charge is 0.253 e. The molecule has 1 fully saturated rings. The maximum Gasteiger partial charge on any atom is 0.253 e. The van der Waals surface area contributed by atoms with E-state index in [-0.39, 0.29) is 0 Å². The third-order valence-corrected chi connectivity index (χ3v) is 12.1. The molecule has 3 aromatic rings. The van der Waals surface area contributed by atoms with Crippen molar-refractivity contribution in [1.29, 1.82) is 0 Å². The fourth-order valence-corrected chi connectivity index (χ4v) is 8.16. The van der Waals surface area contributed by atoms with E-state index < -0.39 is 56.2 Å². The highest BCUT2D eigenvalue weighted by Crippen LogP contribution is 2.17. The highest BCUT2D eigenvalue weighted by molar-refractivity contribution is 6.49. The van der Waals surface area contributed by atoms with Crippen molar-refractivity contribution >= 4 is 45.7 Å². The molecule has 354 valence electrons. The van der Waals surface area contributed by atoms with Crippen molar-refractivity contribution in [2.45, 2.75) is 63.5 Å². The molecule has 1 saturated carbocycles. The van der Waals surface area contributed by atoms with Gasteiger partial charge in [0.25, 0.3) is 32.6 Å². The van der Waals surface area contributed by atoms with Gasteiger partial charge in [0, 0.05) is 39.3 Å². The maximum absolute atomic E-state index is 12.3. The van der Waals surface area contributed by atoms with Crippen LogP contribution in [0.4, 0.5) is 34.1 Å². The maximum atomic E-state index is 12.3. The number of hydrogen-bond donors (Lipinski definition) is 8. The number of fused-ring (bicyclic) bond motifs is 4. The molecule has 2 unspecified atom stereocenters. The van der Waals surface area contributed by atoms with Crippen LogP contribution in [0.1, 0.15) is 51.4 Å². The van der Waals surface area contributed by atoms with Crippen LogP contribution in [-0.2, 0) is 9.59 Å². The highest BCUT2D eigenvalue weighted by Gasteiger charge is 2.48. The Morgan fingerprint density at radius 1 is 0.297 bits per heavy atom. The summed E-state index contributed by atoms with van der Waals surface area (Å²) >= 11 is 0. The Hall–Kier alpha value is -4.86. The number of Topliss-reactive ketones (excluding diaryl/α,β-unsaturated/α-hetero) is 2. The van der Waals surface area contributed by atoms with Gasteiger partial charge in [-0.25, -0.2) is 0 Å². The molecule has 2 atom stereocenters. The molecule has 5 rings (SSSR count). The van der Waals surface area contributed by atoms with Crippen LogP contribution in [-0.4, -0.2) is 176 Å². The average molecular weight is 895 g/mol. The summed E-state index contributed by atoms with van der Waals surface area (Å²) in [5.41, 5.74) is -1.04. The van der Waals surface area contributed by atoms with Crippen LogP contribution in [0, 0.1) is 0 Å². The molecule has 8 N–H and O–H groups in total. The first-order chi connectivity index (χ1) is 30.8. The van der Waals surface area contributed by atoms with Gasteiger partial charge in [-0.1, -0.05) is 0 Å². The minimum Gasteiger partial charge on any atom is -0.380 e. The minimum absolute atomic E-state index is 0.332. The van der Waals surface area contributed by atoms with E-state index in [0.717, 1.165) is 104 Å². The number of rotatable bonds is 0. The van der Waals surface area contributed by atoms with Gasteiger partial charge in [0.15, 0.2) is 0 Å². The Balaban J connectivity index is 1.07. The lowest BCUT2D eigenvalue weighted by molar-refractivity contribution is -0.147. The lowest BCUT2D eigenvalue weighted by Crippen LogP contribution is -2.69. The molecule has 2 aliphatic rings. The van der Waals surface area contributed by atoms with E-state index in [1.54, 1.807) is 0 Å². The Morgan fingerprint density at radius 3 is 0.656 bits per heavy atom. The minimum atomic E-state index is -0.530. The highest BCUT2D eigenvalue weighted by atomic mass is 16.2. The van der Waals surface area contributed by atoms with Crippen molar-refractivity contribution < 1.29 is 9.59 Å². The van der Waals surface area contributed by atoms with Crippen LogP contribution >= 0.6 is 0 Å². The van der Waals surface area contributed by atoms with Crippen LogP contribution in [0.5, 0.6) is 0 Å². The third-order valence-electron chi connectivity index (χ3n) is 12.1. The largest absolute Gasteiger partial charge is 0.380 e. The van der Waals surface area contributed by atoms with E-state index in [1.165, 1.54) is 0 Å². The van der Waals surface area contributed by atoms with Crippen LogP contribution in [0.25, 0.3) is 0 Å². The van der Waals surface area contributed by atoms with Crippen molar-refractivity contribution in [2.24, 2.45) is 0 Å². The standard InChI is InChI=1S/C44H70N12O8/c1-53-21-5-13-45-29-31(39(59)37(29)57)47-15-7-23-54(2)25-9-17-49-33-35(43(63)41(33)61)51-19-11-27-56(4)28-12-20-52-36-34(42(62)44(36)64)50-18-10-26-55(3)24-8-16-48-32-30(38(58)40(32)60)46-14-6-22-53/h29,31,45-52H,5-28H2,1-4H3. The topological polar surface area (TPSA) is 246 Å². The fraction of sp³-hybridized carbons (Fsp3) is 0.682. The number of carbonyl (C=O) groups excluding carboxylic acids is 2. The van der Waals surface area contributed by atoms with Crippen LogP contribution in [0.2, 0.25) is 0 Å². The summed E-state index contributed by atoms with van der Waals surface area (Å²) in [6.45, 7) is 10.5. The zero-order chi connectivity index (χ0) is 46.2. The molecule has 20 heteroatoms. The quantitative estimate of drug-likeness (QED) is 0.117. The second-order valence-electron chi connectivity index (χ2n) is 17.4. The molecule has 0 bridgehead atoms. The molecular formula is C44H70N12O8. The average Bonchev–Trinajstić information content (AvgIpc) is 3.29. The summed E-state index contributed by atoms with van der Waals surface area (Å²) in [4.78, 5) is 107. The zero-order valence-corrected chi connectivity index (χ0v) is 38.2. The van der Waals surface area contributed by atoms with Gasteiger partial charge in [-0.2, -0.15) is 0 Å². The lowest BCUT2D eigenvalue weighted by atomic mass is 9.83. The second-order valence-corrected chi connectivity index (χ2v) is 17.4. The van der Waals surface area contributed by atoms with Crippen LogP contribution in [0.15, 0.2) is 28.8 Å². The van der Waals surface area contributed by atoms with Crippen molar-refractivity contribution in [1.82, 2.24) is 30.2 Å². The first-order valence-electron chi connectivity index (χ1n) is 23.0. The molecule has 0 radical (unpaired) electrons. The van der Waals surface area contributed by atoms with E-state index in [9.17, 15) is 38.4 Å². The summed E-state index contributed by atoms with van der Waals surface area (Å²) < 4.78 is 0. The first-order valence-corrected chi connectivity index (χ1v) is 23.0. The lowest BCUT2D eigenvalue weighted by Gasteiger charge is -2.34. The third kappa shape index (κ3) is 13.6. The molecule has 0 aromatic heterocycles. The van der Waals surface area contributed by atoms with E-state index in [0.29, 0.717) is 86.5 Å². The summed E-state index contributed by atoms with van der Waals surface area (Å²) in [6, 6.07) is -1.06. The summed E-state index contributed by atoms with van der Waals surface area (Å²) in [5, 5.41) is 25.3. The van der Waals surface area contributed by atoms with E-state index in [1.807, 2.05) is 28.2 Å². The predicted octanol–water partition coefficient (Wildman–Crippen LogP) is -1.72. The molecule has 3 aromatic carbocycles. The molecule has 64 heavy (non-hydrogen) atoms. The SMILES string of the molecule is CN1CCCNc2c(c(=O)c2=O)NCCCN(C)CCCNc2c(c(=O)c2=O)NCCCN(C)CCCNC2C(=O)C(=O)C2NCCCN(C)CCCNc2c(c(=O)c2=O)NCCC1. The Morgan fingerprint density at radius 2 is 0.469 bits per heavy atom. The Labute approximate surface area is 374 Å². The zero-order valence-electron chi connectivity index (χ0n) is 38.2. The molecule has 20 nitrogen and oxygen atoms in total. The van der Waals surface area contributed by atoms with Crippen molar-refractivity contribution in [3.05, 3.63) is 61.3 Å². The Kier molecular flexibility index (Phi) is 19.6. The molecular weight excluding hydrogens is 825 g/mol. The van der Waals surface area contributed by atoms with E-state index in [2.05, 4.69) is 62.1 Å². The van der Waals surface area contributed by atoms with Gasteiger partial charge in [0.05, 0.1) is 12.1 Å². The van der Waals surface area contributed by atoms with Gasteiger partial charge in [-0.3, -0.25) is 38.4 Å². The van der Waals surface area contributed by atoms with Gasteiger partial charge < -0.3 is 62.1 Å². The number of ketones is 2. The number of anilines is 6. The van der Waals surface area contributed by atoms with Gasteiger partial charge in [-0.05, 0) is 145 Å². The van der Waals surface area contributed by atoms with Gasteiger partial charge in [0.1, 0.15) is 34.1 Å². The molecule has 1 aliphatic heterocycles. The molecule has 0 saturated heterocycles. The number of nitrogens with zero attached hydrogens (tertiary/aromatic N) is 4. The van der Waals surface area contributed by atoms with Crippen molar-refractivity contribution in [2.75, 3.05) is 165 Å². The fourth-order valence-electron chi connectivity index (χ4n) is 8.16. The summed E-state index contributed by atoms with van der Waals surface area (Å²) in [7, 11) is 7.99. The van der Waals surface area contributed by atoms with Crippen molar-refractivity contribution in [3.63, 3.8) is 0 Å². The molecule has 0 amide bonds. The summed E-state index contributed by atoms with van der Waals surface area (Å²) in [5.74, 6) is -0.781. The second kappa shape index (κ2) is 25.0. The van der Waals surface area contributed by atoms with Crippen molar-refractivity contribution in [3.8, 4) is 0 Å². The van der Waals surface area contributed by atoms with Gasteiger partial charge >= 0.3 is 0 Å². The van der Waals surface area contributed by atoms with Crippen LogP contribution in [0.3, 0.4) is 0 Å². The van der Waals surface area contributed by atoms with E-state index >= 15 is 0 Å². The Bertz CT molecular complexity index is 2050. The molecule has 0 spiro atoms. The van der Waals surface area contributed by atoms with Crippen LogP contribution < -0.4 is 75.1 Å². The molecule has 1 aliphatic carbocycles. The molecule has 1 heterocycles. The number of hydrogen-bond acceptors (Lipinski definition) is 20. The normalized spacial score (nSPS) is 22.9. The predicted molar refractivity (Wildman–Crippen MR) is 256 cm³/mol. The monoisotopic (exact) mass is 895 g/mol. The number of nitrogens with one attached hydrogen (secondary N) is 8. The summed E-state index contributed by atoms with van der Waals surface area (Å²) in [6.07, 6.45) is 6.08. The van der Waals surface area contributed by atoms with E-state index in [4.69, 9.17) is 0 Å². The first kappa shape index (κ1) is 50.1.